The molecule has 2 N–H and O–H groups in total. The minimum absolute atomic E-state index is 0.0608. The minimum Gasteiger partial charge on any atom is -0.495 e. The molecule has 1 heterocycles. The van der Waals surface area contributed by atoms with Gasteiger partial charge in [-0.15, -0.1) is 5.10 Å². The molecular formula is C12H17N5O2S. The molecule has 0 aliphatic rings. The first-order chi connectivity index (χ1) is 9.52. The highest BCUT2D eigenvalue weighted by molar-refractivity contribution is 7.84. The number of anilines is 1. The number of nitrogens with two attached hydrogens (primary N) is 1. The van der Waals surface area contributed by atoms with Crippen molar-refractivity contribution in [2.75, 3.05) is 24.9 Å². The van der Waals surface area contributed by atoms with E-state index < -0.39 is 10.8 Å². The Hall–Kier alpha value is -1.96. The SMILES string of the molecule is COc1cc(-c2nnnn2C(C)CS(C)=O)ccc1N. The molecule has 2 aromatic rings. The molecule has 0 aliphatic carbocycles. The summed E-state index contributed by atoms with van der Waals surface area (Å²) in [7, 11) is 0.641. The number of hydrogen-bond donors (Lipinski definition) is 1. The molecule has 108 valence electrons. The highest BCUT2D eigenvalue weighted by Gasteiger charge is 2.16. The average molecular weight is 295 g/mol. The normalized spacial score (nSPS) is 13.9. The smallest absolute Gasteiger partial charge is 0.182 e. The molecule has 0 amide bonds. The van der Waals surface area contributed by atoms with Crippen LogP contribution in [0.25, 0.3) is 11.4 Å². The van der Waals surface area contributed by atoms with Crippen molar-refractivity contribution in [3.05, 3.63) is 18.2 Å². The van der Waals surface area contributed by atoms with Gasteiger partial charge in [-0.25, -0.2) is 4.68 Å². The average Bonchev–Trinajstić information content (AvgIpc) is 2.88. The predicted molar refractivity (Wildman–Crippen MR) is 77.9 cm³/mol. The van der Waals surface area contributed by atoms with Crippen LogP contribution < -0.4 is 10.5 Å². The van der Waals surface area contributed by atoms with Gasteiger partial charge in [0.25, 0.3) is 0 Å². The molecule has 0 fully saturated rings. The summed E-state index contributed by atoms with van der Waals surface area (Å²) in [5, 5.41) is 11.7. The first-order valence-corrected chi connectivity index (χ1v) is 7.77. The Morgan fingerprint density at radius 1 is 1.50 bits per heavy atom. The minimum atomic E-state index is -0.916. The van der Waals surface area contributed by atoms with Crippen molar-refractivity contribution < 1.29 is 8.95 Å². The highest BCUT2D eigenvalue weighted by atomic mass is 32.2. The van der Waals surface area contributed by atoms with Gasteiger partial charge in [-0.05, 0) is 35.5 Å². The second kappa shape index (κ2) is 6.00. The van der Waals surface area contributed by atoms with Crippen LogP contribution in [0.1, 0.15) is 13.0 Å². The molecule has 8 heteroatoms. The molecule has 2 unspecified atom stereocenters. The number of nitrogen functional groups attached to an aromatic ring is 1. The van der Waals surface area contributed by atoms with E-state index in [-0.39, 0.29) is 6.04 Å². The molecular weight excluding hydrogens is 278 g/mol. The van der Waals surface area contributed by atoms with Gasteiger partial charge in [0.15, 0.2) is 5.82 Å². The van der Waals surface area contributed by atoms with Gasteiger partial charge < -0.3 is 10.5 Å². The van der Waals surface area contributed by atoms with E-state index in [4.69, 9.17) is 10.5 Å². The molecule has 20 heavy (non-hydrogen) atoms. The summed E-state index contributed by atoms with van der Waals surface area (Å²) in [6.45, 7) is 1.93. The number of aromatic nitrogens is 4. The molecule has 1 aromatic heterocycles. The summed E-state index contributed by atoms with van der Waals surface area (Å²) in [5.41, 5.74) is 7.15. The monoisotopic (exact) mass is 295 g/mol. The van der Waals surface area contributed by atoms with Gasteiger partial charge >= 0.3 is 0 Å². The van der Waals surface area contributed by atoms with E-state index in [1.807, 2.05) is 13.0 Å². The van der Waals surface area contributed by atoms with Gasteiger partial charge in [-0.3, -0.25) is 4.21 Å². The number of hydrogen-bond acceptors (Lipinski definition) is 6. The number of methoxy groups -OCH3 is 1. The molecule has 0 radical (unpaired) electrons. The van der Waals surface area contributed by atoms with Gasteiger partial charge in [-0.1, -0.05) is 0 Å². The lowest BCUT2D eigenvalue weighted by Gasteiger charge is -2.12. The third-order valence-electron chi connectivity index (χ3n) is 2.88. The van der Waals surface area contributed by atoms with Crippen molar-refractivity contribution >= 4 is 16.5 Å². The Bertz CT molecular complexity index is 628. The van der Waals surface area contributed by atoms with Crippen LogP contribution in [0.15, 0.2) is 18.2 Å². The Morgan fingerprint density at radius 2 is 2.25 bits per heavy atom. The topological polar surface area (TPSA) is 95.9 Å². The van der Waals surface area contributed by atoms with Crippen LogP contribution in [0.4, 0.5) is 5.69 Å². The zero-order chi connectivity index (χ0) is 14.7. The van der Waals surface area contributed by atoms with Crippen LogP contribution in [-0.4, -0.2) is 43.5 Å². The lowest BCUT2D eigenvalue weighted by Crippen LogP contribution is -2.15. The molecule has 2 atom stereocenters. The summed E-state index contributed by atoms with van der Waals surface area (Å²) in [6.07, 6.45) is 1.66. The van der Waals surface area contributed by atoms with Crippen molar-refractivity contribution in [3.8, 4) is 17.1 Å². The first-order valence-electron chi connectivity index (χ1n) is 6.04. The van der Waals surface area contributed by atoms with E-state index in [9.17, 15) is 4.21 Å². The molecule has 0 spiro atoms. The largest absolute Gasteiger partial charge is 0.495 e. The van der Waals surface area contributed by atoms with E-state index in [0.717, 1.165) is 5.56 Å². The number of benzene rings is 1. The van der Waals surface area contributed by atoms with Gasteiger partial charge in [0.05, 0.1) is 18.8 Å². The zero-order valence-electron chi connectivity index (χ0n) is 11.6. The number of ether oxygens (including phenoxy) is 1. The van der Waals surface area contributed by atoms with Crippen molar-refractivity contribution in [3.63, 3.8) is 0 Å². The molecule has 0 saturated heterocycles. The Balaban J connectivity index is 2.39. The van der Waals surface area contributed by atoms with Crippen LogP contribution in [0.5, 0.6) is 5.75 Å². The standard InChI is InChI=1S/C12H17N5O2S/c1-8(7-20(3)18)17-12(14-15-16-17)9-4-5-10(13)11(6-9)19-2/h4-6,8H,7,13H2,1-3H3. The summed E-state index contributed by atoms with van der Waals surface area (Å²) >= 11 is 0. The molecule has 0 aliphatic heterocycles. The molecule has 0 bridgehead atoms. The van der Waals surface area contributed by atoms with E-state index in [1.54, 1.807) is 30.2 Å². The lowest BCUT2D eigenvalue weighted by molar-refractivity contribution is 0.417. The summed E-state index contributed by atoms with van der Waals surface area (Å²) < 4.78 is 18.2. The van der Waals surface area contributed by atoms with Crippen LogP contribution in [0.3, 0.4) is 0 Å². The van der Waals surface area contributed by atoms with E-state index >= 15 is 0 Å². The van der Waals surface area contributed by atoms with Gasteiger partial charge in [-0.2, -0.15) is 0 Å². The molecule has 2 rings (SSSR count). The van der Waals surface area contributed by atoms with Crippen molar-refractivity contribution in [2.45, 2.75) is 13.0 Å². The first kappa shape index (κ1) is 14.4. The van der Waals surface area contributed by atoms with Crippen LogP contribution in [0.2, 0.25) is 0 Å². The fourth-order valence-electron chi connectivity index (χ4n) is 1.94. The van der Waals surface area contributed by atoms with Crippen molar-refractivity contribution in [1.29, 1.82) is 0 Å². The summed E-state index contributed by atoms with van der Waals surface area (Å²) in [4.78, 5) is 0. The zero-order valence-corrected chi connectivity index (χ0v) is 12.4. The lowest BCUT2D eigenvalue weighted by atomic mass is 10.1. The van der Waals surface area contributed by atoms with Crippen LogP contribution >= 0.6 is 0 Å². The van der Waals surface area contributed by atoms with Crippen molar-refractivity contribution in [2.24, 2.45) is 0 Å². The number of nitrogens with zero attached hydrogens (tertiary/aromatic N) is 4. The maximum absolute atomic E-state index is 11.3. The van der Waals surface area contributed by atoms with E-state index in [2.05, 4.69) is 15.5 Å². The van der Waals surface area contributed by atoms with Gasteiger partial charge in [0.2, 0.25) is 0 Å². The summed E-state index contributed by atoms with van der Waals surface area (Å²) in [6, 6.07) is 5.30. The third-order valence-corrected chi connectivity index (χ3v) is 3.83. The molecule has 0 saturated carbocycles. The van der Waals surface area contributed by atoms with Crippen molar-refractivity contribution in [1.82, 2.24) is 20.2 Å². The van der Waals surface area contributed by atoms with Crippen LogP contribution in [-0.2, 0) is 10.8 Å². The quantitative estimate of drug-likeness (QED) is 0.822. The molecule has 1 aromatic carbocycles. The maximum Gasteiger partial charge on any atom is 0.182 e. The predicted octanol–water partition coefficient (Wildman–Crippen LogP) is 0.870. The third kappa shape index (κ3) is 2.96. The fraction of sp³-hybridized carbons (Fsp3) is 0.417. The second-order valence-electron chi connectivity index (χ2n) is 4.49. The number of rotatable bonds is 5. The highest BCUT2D eigenvalue weighted by Crippen LogP contribution is 2.28. The Kier molecular flexibility index (Phi) is 4.33. The van der Waals surface area contributed by atoms with Crippen LogP contribution in [0, 0.1) is 0 Å². The van der Waals surface area contributed by atoms with E-state index in [1.165, 1.54) is 0 Å². The Labute approximate surface area is 119 Å². The Morgan fingerprint density at radius 3 is 2.90 bits per heavy atom. The van der Waals surface area contributed by atoms with E-state index in [0.29, 0.717) is 23.0 Å². The second-order valence-corrected chi connectivity index (χ2v) is 5.97. The summed E-state index contributed by atoms with van der Waals surface area (Å²) in [5.74, 6) is 1.66. The fourth-order valence-corrected chi connectivity index (χ4v) is 2.76. The van der Waals surface area contributed by atoms with Gasteiger partial charge in [0, 0.05) is 28.4 Å². The molecule has 7 nitrogen and oxygen atoms in total. The van der Waals surface area contributed by atoms with Gasteiger partial charge in [0.1, 0.15) is 5.75 Å². The number of tetrazole rings is 1. The maximum atomic E-state index is 11.3.